The normalized spacial score (nSPS) is 11.4. The number of ether oxygens (including phenoxy) is 2. The van der Waals surface area contributed by atoms with E-state index in [0.29, 0.717) is 18.7 Å². The highest BCUT2D eigenvalue weighted by atomic mass is 32.2. The lowest BCUT2D eigenvalue weighted by molar-refractivity contribution is 0.0470. The number of sulfone groups is 1. The lowest BCUT2D eigenvalue weighted by Crippen LogP contribution is -2.17. The van der Waals surface area contributed by atoms with Gasteiger partial charge in [-0.1, -0.05) is 12.1 Å². The maximum atomic E-state index is 12.5. The van der Waals surface area contributed by atoms with E-state index < -0.39 is 22.4 Å². The van der Waals surface area contributed by atoms with Crippen LogP contribution < -0.4 is 0 Å². The summed E-state index contributed by atoms with van der Waals surface area (Å²) < 4.78 is 35.7. The van der Waals surface area contributed by atoms with E-state index in [-0.39, 0.29) is 16.2 Å². The van der Waals surface area contributed by atoms with Crippen LogP contribution in [0.2, 0.25) is 0 Å². The molecule has 0 unspecified atom stereocenters. The van der Waals surface area contributed by atoms with E-state index >= 15 is 0 Å². The average molecular weight is 393 g/mol. The molecule has 146 valence electrons. The third-order valence-corrected chi connectivity index (χ3v) is 5.39. The van der Waals surface area contributed by atoms with Crippen molar-refractivity contribution in [2.24, 2.45) is 0 Å². The second-order valence-corrected chi connectivity index (χ2v) is 8.18. The van der Waals surface area contributed by atoms with Gasteiger partial charge in [-0.05, 0) is 32.0 Å². The molecule has 0 aliphatic carbocycles. The number of benzene rings is 1. The van der Waals surface area contributed by atoms with Gasteiger partial charge in [0.1, 0.15) is 0 Å². The van der Waals surface area contributed by atoms with E-state index in [2.05, 4.69) is 0 Å². The zero-order valence-electron chi connectivity index (χ0n) is 15.8. The van der Waals surface area contributed by atoms with Crippen molar-refractivity contribution in [2.45, 2.75) is 25.3 Å². The Morgan fingerprint density at radius 1 is 1.11 bits per heavy atom. The molecule has 0 fully saturated rings. The Morgan fingerprint density at radius 3 is 2.41 bits per heavy atom. The Labute approximate surface area is 158 Å². The molecule has 8 heteroatoms. The van der Waals surface area contributed by atoms with Crippen LogP contribution in [0.25, 0.3) is 0 Å². The summed E-state index contributed by atoms with van der Waals surface area (Å²) in [4.78, 5) is 24.6. The Balaban J connectivity index is 2.14. The lowest BCUT2D eigenvalue weighted by Gasteiger charge is -2.09. The van der Waals surface area contributed by atoms with E-state index in [1.54, 1.807) is 13.2 Å². The first-order valence-corrected chi connectivity index (χ1v) is 10.2. The fourth-order valence-corrected chi connectivity index (χ4v) is 3.73. The predicted octanol–water partition coefficient (Wildman–Crippen LogP) is 2.19. The maximum absolute atomic E-state index is 12.5. The van der Waals surface area contributed by atoms with Gasteiger partial charge in [-0.15, -0.1) is 0 Å². The molecule has 2 aromatic rings. The van der Waals surface area contributed by atoms with E-state index in [1.165, 1.54) is 24.3 Å². The third kappa shape index (κ3) is 4.84. The number of aromatic nitrogens is 1. The number of hydrogen-bond donors (Lipinski definition) is 0. The molecule has 7 nitrogen and oxygen atoms in total. The van der Waals surface area contributed by atoms with Gasteiger partial charge in [-0.25, -0.2) is 13.2 Å². The number of carbonyl (C=O) groups excluding carboxylic acids is 2. The highest BCUT2D eigenvalue weighted by molar-refractivity contribution is 7.90. The fraction of sp³-hybridized carbons (Fsp3) is 0.368. The summed E-state index contributed by atoms with van der Waals surface area (Å²) in [6, 6.07) is 7.49. The predicted molar refractivity (Wildman–Crippen MR) is 99.9 cm³/mol. The molecule has 0 saturated carbocycles. The van der Waals surface area contributed by atoms with Crippen molar-refractivity contribution in [2.75, 3.05) is 26.6 Å². The molecule has 27 heavy (non-hydrogen) atoms. The van der Waals surface area contributed by atoms with Crippen LogP contribution in [0, 0.1) is 13.8 Å². The van der Waals surface area contributed by atoms with Gasteiger partial charge in [-0.2, -0.15) is 0 Å². The van der Waals surface area contributed by atoms with Crippen LogP contribution in [0.3, 0.4) is 0 Å². The summed E-state index contributed by atoms with van der Waals surface area (Å²) >= 11 is 0. The minimum Gasteiger partial charge on any atom is -0.454 e. The van der Waals surface area contributed by atoms with E-state index in [9.17, 15) is 18.0 Å². The van der Waals surface area contributed by atoms with Crippen molar-refractivity contribution in [3.8, 4) is 0 Å². The summed E-state index contributed by atoms with van der Waals surface area (Å²) in [6.07, 6.45) is 1.01. The monoisotopic (exact) mass is 393 g/mol. The first-order valence-electron chi connectivity index (χ1n) is 8.32. The summed E-state index contributed by atoms with van der Waals surface area (Å²) in [5.41, 5.74) is 2.05. The molecule has 0 aliphatic heterocycles. The smallest absolute Gasteiger partial charge is 0.339 e. The van der Waals surface area contributed by atoms with Gasteiger partial charge in [-0.3, -0.25) is 4.79 Å². The van der Waals surface area contributed by atoms with E-state index in [0.717, 1.165) is 17.6 Å². The molecule has 0 amide bonds. The summed E-state index contributed by atoms with van der Waals surface area (Å²) in [5.74, 6) is -1.20. The molecule has 0 spiro atoms. The van der Waals surface area contributed by atoms with Crippen LogP contribution in [0.15, 0.2) is 35.2 Å². The number of rotatable bonds is 8. The minimum atomic E-state index is -3.59. The fourth-order valence-electron chi connectivity index (χ4n) is 2.86. The van der Waals surface area contributed by atoms with Gasteiger partial charge in [0.05, 0.1) is 17.1 Å². The van der Waals surface area contributed by atoms with Crippen LogP contribution in [-0.4, -0.2) is 51.3 Å². The summed E-state index contributed by atoms with van der Waals surface area (Å²) in [6.45, 7) is 4.36. The summed E-state index contributed by atoms with van der Waals surface area (Å²) in [5, 5.41) is 0. The molecule has 1 heterocycles. The van der Waals surface area contributed by atoms with Gasteiger partial charge in [0.25, 0.3) is 0 Å². The number of carbonyl (C=O) groups is 2. The van der Waals surface area contributed by atoms with Crippen molar-refractivity contribution >= 4 is 21.6 Å². The molecule has 0 aliphatic rings. The van der Waals surface area contributed by atoms with Crippen LogP contribution in [0.5, 0.6) is 0 Å². The number of Topliss-reactive ketones (excluding diaryl/α,β-unsaturated/α-hetero) is 1. The molecule has 0 radical (unpaired) electrons. The Morgan fingerprint density at radius 2 is 1.78 bits per heavy atom. The Bertz CT molecular complexity index is 959. The second kappa shape index (κ2) is 8.49. The van der Waals surface area contributed by atoms with Gasteiger partial charge in [0.15, 0.2) is 16.4 Å². The highest BCUT2D eigenvalue weighted by Crippen LogP contribution is 2.18. The topological polar surface area (TPSA) is 91.7 Å². The number of hydrogen-bond acceptors (Lipinski definition) is 6. The molecule has 0 bridgehead atoms. The van der Waals surface area contributed by atoms with Gasteiger partial charge < -0.3 is 14.0 Å². The molecule has 1 aromatic carbocycles. The molecular formula is C19H23NO6S. The van der Waals surface area contributed by atoms with Crippen molar-refractivity contribution in [1.29, 1.82) is 0 Å². The molecule has 0 N–H and O–H groups in total. The van der Waals surface area contributed by atoms with Crippen molar-refractivity contribution in [3.63, 3.8) is 0 Å². The standard InChI is InChI=1S/C19H23NO6S/c1-13-11-16(14(2)20(13)9-10-25-3)17(21)12-26-19(22)15-7-5-6-8-18(15)27(4,23)24/h5-8,11H,9-10,12H2,1-4H3. The number of aryl methyl sites for hydroxylation is 1. The van der Waals surface area contributed by atoms with Crippen LogP contribution in [0.1, 0.15) is 32.1 Å². The number of nitrogens with zero attached hydrogens (tertiary/aromatic N) is 1. The van der Waals surface area contributed by atoms with E-state index in [4.69, 9.17) is 9.47 Å². The second-order valence-electron chi connectivity index (χ2n) is 6.20. The van der Waals surface area contributed by atoms with Crippen molar-refractivity contribution < 1.29 is 27.5 Å². The minimum absolute atomic E-state index is 0.0848. The van der Waals surface area contributed by atoms with Gasteiger partial charge in [0.2, 0.25) is 5.78 Å². The number of esters is 1. The molecular weight excluding hydrogens is 370 g/mol. The lowest BCUT2D eigenvalue weighted by atomic mass is 10.1. The molecule has 0 saturated heterocycles. The van der Waals surface area contributed by atoms with Crippen molar-refractivity contribution in [3.05, 3.63) is 52.8 Å². The van der Waals surface area contributed by atoms with Crippen LogP contribution >= 0.6 is 0 Å². The number of methoxy groups -OCH3 is 1. The zero-order valence-corrected chi connectivity index (χ0v) is 16.6. The van der Waals surface area contributed by atoms with Gasteiger partial charge >= 0.3 is 5.97 Å². The van der Waals surface area contributed by atoms with E-state index in [1.807, 2.05) is 18.4 Å². The largest absolute Gasteiger partial charge is 0.454 e. The maximum Gasteiger partial charge on any atom is 0.339 e. The summed E-state index contributed by atoms with van der Waals surface area (Å²) in [7, 11) is -1.98. The third-order valence-electron chi connectivity index (χ3n) is 4.23. The highest BCUT2D eigenvalue weighted by Gasteiger charge is 2.21. The SMILES string of the molecule is COCCn1c(C)cc(C(=O)COC(=O)c2ccccc2S(C)(=O)=O)c1C. The van der Waals surface area contributed by atoms with Crippen molar-refractivity contribution in [1.82, 2.24) is 4.57 Å². The first-order chi connectivity index (χ1) is 12.7. The molecule has 0 atom stereocenters. The van der Waals surface area contributed by atoms with Crippen LogP contribution in [-0.2, 0) is 25.9 Å². The average Bonchev–Trinajstić information content (AvgIpc) is 2.91. The Kier molecular flexibility index (Phi) is 6.56. The van der Waals surface area contributed by atoms with Gasteiger partial charge in [0, 0.05) is 36.9 Å². The quantitative estimate of drug-likeness (QED) is 0.504. The van der Waals surface area contributed by atoms with Crippen LogP contribution in [0.4, 0.5) is 0 Å². The Hall–Kier alpha value is -2.45. The zero-order chi connectivity index (χ0) is 20.2. The number of ketones is 1. The molecule has 2 rings (SSSR count). The molecule has 1 aromatic heterocycles. The first kappa shape index (κ1) is 20.9.